The third-order valence-electron chi connectivity index (χ3n) is 3.02. The van der Waals surface area contributed by atoms with Gasteiger partial charge in [-0.05, 0) is 29.3 Å². The van der Waals surface area contributed by atoms with Crippen LogP contribution in [0, 0.1) is 5.41 Å². The molecule has 0 aliphatic carbocycles. The van der Waals surface area contributed by atoms with Gasteiger partial charge in [0, 0.05) is 31.7 Å². The largest absolute Gasteiger partial charge is 0.396 e. The highest BCUT2D eigenvalue weighted by Gasteiger charge is 2.17. The van der Waals surface area contributed by atoms with Crippen LogP contribution >= 0.6 is 15.9 Å². The standard InChI is InChI=1S/C13H24BrN3O/c1-5-10-12(14)11(17(6-2)16-10)7-15-8-13(3,4)9-18/h15,18H,5-9H2,1-4H3. The van der Waals surface area contributed by atoms with Crippen LogP contribution in [0.4, 0.5) is 0 Å². The molecule has 0 saturated heterocycles. The molecule has 1 aromatic rings. The fourth-order valence-electron chi connectivity index (χ4n) is 1.76. The Morgan fingerprint density at radius 2 is 2.06 bits per heavy atom. The van der Waals surface area contributed by atoms with Gasteiger partial charge in [-0.3, -0.25) is 4.68 Å². The summed E-state index contributed by atoms with van der Waals surface area (Å²) in [5, 5.41) is 17.2. The third-order valence-corrected chi connectivity index (χ3v) is 3.93. The summed E-state index contributed by atoms with van der Waals surface area (Å²) in [6.07, 6.45) is 0.933. The Morgan fingerprint density at radius 1 is 1.39 bits per heavy atom. The van der Waals surface area contributed by atoms with Crippen LogP contribution in [-0.4, -0.2) is 28.0 Å². The van der Waals surface area contributed by atoms with E-state index in [0.717, 1.165) is 36.2 Å². The Hall–Kier alpha value is -0.390. The van der Waals surface area contributed by atoms with Gasteiger partial charge in [0.05, 0.1) is 15.9 Å². The zero-order valence-corrected chi connectivity index (χ0v) is 13.3. The van der Waals surface area contributed by atoms with Crippen molar-refractivity contribution in [2.75, 3.05) is 13.2 Å². The maximum atomic E-state index is 9.22. The maximum Gasteiger partial charge on any atom is 0.0767 e. The highest BCUT2D eigenvalue weighted by molar-refractivity contribution is 9.10. The molecular weight excluding hydrogens is 294 g/mol. The minimum atomic E-state index is -0.0862. The number of hydrogen-bond donors (Lipinski definition) is 2. The van der Waals surface area contributed by atoms with Gasteiger partial charge < -0.3 is 10.4 Å². The van der Waals surface area contributed by atoms with Crippen molar-refractivity contribution in [2.45, 2.75) is 47.2 Å². The van der Waals surface area contributed by atoms with E-state index in [4.69, 9.17) is 0 Å². The van der Waals surface area contributed by atoms with Crippen LogP contribution in [0.1, 0.15) is 39.1 Å². The minimum absolute atomic E-state index is 0.0862. The van der Waals surface area contributed by atoms with Crippen LogP contribution in [0.2, 0.25) is 0 Å². The number of aliphatic hydroxyl groups excluding tert-OH is 1. The van der Waals surface area contributed by atoms with Gasteiger partial charge in [0.15, 0.2) is 0 Å². The molecule has 0 amide bonds. The van der Waals surface area contributed by atoms with Crippen LogP contribution in [0.5, 0.6) is 0 Å². The summed E-state index contributed by atoms with van der Waals surface area (Å²) in [6, 6.07) is 0. The first-order valence-electron chi connectivity index (χ1n) is 6.50. The monoisotopic (exact) mass is 317 g/mol. The summed E-state index contributed by atoms with van der Waals surface area (Å²) in [5.74, 6) is 0. The van der Waals surface area contributed by atoms with Gasteiger partial charge in [-0.25, -0.2) is 0 Å². The van der Waals surface area contributed by atoms with E-state index in [2.05, 4.69) is 40.2 Å². The lowest BCUT2D eigenvalue weighted by atomic mass is 9.95. The lowest BCUT2D eigenvalue weighted by Crippen LogP contribution is -2.32. The van der Waals surface area contributed by atoms with Gasteiger partial charge >= 0.3 is 0 Å². The van der Waals surface area contributed by atoms with Gasteiger partial charge in [-0.2, -0.15) is 5.10 Å². The van der Waals surface area contributed by atoms with Gasteiger partial charge in [-0.1, -0.05) is 20.8 Å². The molecule has 18 heavy (non-hydrogen) atoms. The molecule has 1 rings (SSSR count). The van der Waals surface area contributed by atoms with Crippen LogP contribution in [0.15, 0.2) is 4.47 Å². The van der Waals surface area contributed by atoms with Crippen molar-refractivity contribution in [3.63, 3.8) is 0 Å². The van der Waals surface area contributed by atoms with Crippen molar-refractivity contribution >= 4 is 15.9 Å². The van der Waals surface area contributed by atoms with Crippen LogP contribution in [-0.2, 0) is 19.5 Å². The average molecular weight is 318 g/mol. The van der Waals surface area contributed by atoms with Crippen molar-refractivity contribution in [3.8, 4) is 0 Å². The Kier molecular flexibility index (Phi) is 5.82. The first-order valence-corrected chi connectivity index (χ1v) is 7.30. The number of hydrogen-bond acceptors (Lipinski definition) is 3. The average Bonchev–Trinajstić information content (AvgIpc) is 2.66. The van der Waals surface area contributed by atoms with Gasteiger partial charge in [0.2, 0.25) is 0 Å². The van der Waals surface area contributed by atoms with E-state index in [1.54, 1.807) is 0 Å². The quantitative estimate of drug-likeness (QED) is 0.811. The van der Waals surface area contributed by atoms with Gasteiger partial charge in [0.25, 0.3) is 0 Å². The molecular formula is C13H24BrN3O. The second-order valence-electron chi connectivity index (χ2n) is 5.30. The molecule has 0 atom stereocenters. The van der Waals surface area contributed by atoms with Gasteiger partial charge in [0.1, 0.15) is 0 Å². The molecule has 0 fully saturated rings. The Morgan fingerprint density at radius 3 is 2.56 bits per heavy atom. The number of aliphatic hydroxyl groups is 1. The van der Waals surface area contributed by atoms with E-state index in [0.29, 0.717) is 0 Å². The lowest BCUT2D eigenvalue weighted by molar-refractivity contribution is 0.156. The molecule has 0 aliphatic rings. The zero-order chi connectivity index (χ0) is 13.8. The summed E-state index contributed by atoms with van der Waals surface area (Å²) >= 11 is 3.63. The Bertz CT molecular complexity index is 388. The molecule has 104 valence electrons. The summed E-state index contributed by atoms with van der Waals surface area (Å²) < 4.78 is 3.14. The van der Waals surface area contributed by atoms with Crippen LogP contribution < -0.4 is 5.32 Å². The Balaban J connectivity index is 2.69. The van der Waals surface area contributed by atoms with Crippen molar-refractivity contribution in [1.29, 1.82) is 0 Å². The SMILES string of the molecule is CCc1nn(CC)c(CNCC(C)(C)CO)c1Br. The van der Waals surface area contributed by atoms with E-state index >= 15 is 0 Å². The highest BCUT2D eigenvalue weighted by atomic mass is 79.9. The van der Waals surface area contributed by atoms with E-state index in [-0.39, 0.29) is 12.0 Å². The topological polar surface area (TPSA) is 50.1 Å². The molecule has 0 unspecified atom stereocenters. The third kappa shape index (κ3) is 3.80. The maximum absolute atomic E-state index is 9.22. The van der Waals surface area contributed by atoms with Gasteiger partial charge in [-0.15, -0.1) is 0 Å². The van der Waals surface area contributed by atoms with E-state index in [1.807, 2.05) is 18.5 Å². The number of nitrogens with one attached hydrogen (secondary N) is 1. The molecule has 1 heterocycles. The molecule has 0 saturated carbocycles. The summed E-state index contributed by atoms with van der Waals surface area (Å²) in [5.41, 5.74) is 2.20. The fraction of sp³-hybridized carbons (Fsp3) is 0.769. The fourth-order valence-corrected chi connectivity index (χ4v) is 2.47. The Labute approximate surface area is 118 Å². The summed E-state index contributed by atoms with van der Waals surface area (Å²) in [4.78, 5) is 0. The number of nitrogens with zero attached hydrogens (tertiary/aromatic N) is 2. The molecule has 5 heteroatoms. The number of halogens is 1. The minimum Gasteiger partial charge on any atom is -0.396 e. The molecule has 1 aromatic heterocycles. The molecule has 0 radical (unpaired) electrons. The van der Waals surface area contributed by atoms with E-state index < -0.39 is 0 Å². The van der Waals surface area contributed by atoms with Crippen molar-refractivity contribution in [2.24, 2.45) is 5.41 Å². The molecule has 0 spiro atoms. The van der Waals surface area contributed by atoms with Crippen LogP contribution in [0.25, 0.3) is 0 Å². The van der Waals surface area contributed by atoms with E-state index in [1.165, 1.54) is 5.69 Å². The first kappa shape index (κ1) is 15.7. The van der Waals surface area contributed by atoms with E-state index in [9.17, 15) is 5.11 Å². The number of rotatable bonds is 7. The zero-order valence-electron chi connectivity index (χ0n) is 11.8. The van der Waals surface area contributed by atoms with Crippen molar-refractivity contribution < 1.29 is 5.11 Å². The second kappa shape index (κ2) is 6.68. The second-order valence-corrected chi connectivity index (χ2v) is 6.10. The molecule has 0 bridgehead atoms. The number of aromatic nitrogens is 2. The molecule has 2 N–H and O–H groups in total. The number of aryl methyl sites for hydroxylation is 2. The molecule has 4 nitrogen and oxygen atoms in total. The highest BCUT2D eigenvalue weighted by Crippen LogP contribution is 2.22. The predicted octanol–water partition coefficient (Wildman–Crippen LogP) is 2.34. The summed E-state index contributed by atoms with van der Waals surface area (Å²) in [7, 11) is 0. The first-order chi connectivity index (χ1) is 8.45. The smallest absolute Gasteiger partial charge is 0.0767 e. The normalized spacial score (nSPS) is 12.1. The summed E-state index contributed by atoms with van der Waals surface area (Å²) in [6.45, 7) is 10.9. The molecule has 0 aromatic carbocycles. The molecule has 0 aliphatic heterocycles. The lowest BCUT2D eigenvalue weighted by Gasteiger charge is -2.22. The van der Waals surface area contributed by atoms with Crippen LogP contribution in [0.3, 0.4) is 0 Å². The van der Waals surface area contributed by atoms with Crippen molar-refractivity contribution in [3.05, 3.63) is 15.9 Å². The van der Waals surface area contributed by atoms with Crippen molar-refractivity contribution in [1.82, 2.24) is 15.1 Å². The predicted molar refractivity (Wildman–Crippen MR) is 77.6 cm³/mol.